The first-order valence-electron chi connectivity index (χ1n) is 6.54. The van der Waals surface area contributed by atoms with E-state index in [1.165, 1.54) is 0 Å². The van der Waals surface area contributed by atoms with Gasteiger partial charge in [-0.2, -0.15) is 0 Å². The second-order valence-electron chi connectivity index (χ2n) is 4.28. The lowest BCUT2D eigenvalue weighted by Crippen LogP contribution is -2.34. The van der Waals surface area contributed by atoms with E-state index < -0.39 is 0 Å². The van der Waals surface area contributed by atoms with Gasteiger partial charge in [-0.1, -0.05) is 0 Å². The second-order valence-corrected chi connectivity index (χ2v) is 4.28. The molecular formula is C14H22N2O3. The van der Waals surface area contributed by atoms with E-state index >= 15 is 0 Å². The predicted molar refractivity (Wildman–Crippen MR) is 76.1 cm³/mol. The zero-order valence-electron chi connectivity index (χ0n) is 11.9. The van der Waals surface area contributed by atoms with Gasteiger partial charge in [-0.05, 0) is 39.8 Å². The molecule has 2 N–H and O–H groups in total. The maximum atomic E-state index is 11.6. The Labute approximate surface area is 114 Å². The van der Waals surface area contributed by atoms with Crippen LogP contribution in [-0.4, -0.2) is 25.3 Å². The van der Waals surface area contributed by atoms with Crippen molar-refractivity contribution in [3.05, 3.63) is 18.2 Å². The molecule has 1 aromatic rings. The molecule has 2 amide bonds. The Balaban J connectivity index is 2.79. The highest BCUT2D eigenvalue weighted by Gasteiger charge is 2.08. The number of carbonyl (C=O) groups is 1. The van der Waals surface area contributed by atoms with Gasteiger partial charge in [0.25, 0.3) is 0 Å². The van der Waals surface area contributed by atoms with Gasteiger partial charge in [0, 0.05) is 17.8 Å². The third kappa shape index (κ3) is 5.07. The lowest BCUT2D eigenvalue weighted by atomic mass is 10.2. The van der Waals surface area contributed by atoms with Crippen LogP contribution in [0.15, 0.2) is 18.2 Å². The number of anilines is 1. The number of benzene rings is 1. The van der Waals surface area contributed by atoms with Gasteiger partial charge in [0.2, 0.25) is 0 Å². The van der Waals surface area contributed by atoms with Crippen molar-refractivity contribution in [2.75, 3.05) is 18.5 Å². The standard InChI is InChI=1S/C14H22N2O3/c1-5-18-12-8-7-11(9-13(12)19-6-2)16-14(17)15-10(3)4/h7-10H,5-6H2,1-4H3,(H2,15,16,17). The summed E-state index contributed by atoms with van der Waals surface area (Å²) in [5.74, 6) is 1.31. The van der Waals surface area contributed by atoms with Gasteiger partial charge in [-0.25, -0.2) is 4.79 Å². The van der Waals surface area contributed by atoms with Gasteiger partial charge in [-0.15, -0.1) is 0 Å². The highest BCUT2D eigenvalue weighted by Crippen LogP contribution is 2.30. The maximum absolute atomic E-state index is 11.6. The molecule has 0 atom stereocenters. The molecule has 0 spiro atoms. The molecule has 0 bridgehead atoms. The molecule has 0 aromatic heterocycles. The van der Waals surface area contributed by atoms with Crippen LogP contribution in [0.2, 0.25) is 0 Å². The van der Waals surface area contributed by atoms with Crippen LogP contribution >= 0.6 is 0 Å². The number of amides is 2. The number of rotatable bonds is 6. The van der Waals surface area contributed by atoms with Crippen molar-refractivity contribution in [2.45, 2.75) is 33.7 Å². The third-order valence-corrected chi connectivity index (χ3v) is 2.22. The first-order valence-corrected chi connectivity index (χ1v) is 6.54. The largest absolute Gasteiger partial charge is 0.490 e. The van der Waals surface area contributed by atoms with Gasteiger partial charge in [0.05, 0.1) is 13.2 Å². The van der Waals surface area contributed by atoms with Crippen LogP contribution < -0.4 is 20.1 Å². The summed E-state index contributed by atoms with van der Waals surface area (Å²) in [6, 6.07) is 5.19. The van der Waals surface area contributed by atoms with Crippen molar-refractivity contribution in [2.24, 2.45) is 0 Å². The minimum absolute atomic E-state index is 0.0917. The van der Waals surface area contributed by atoms with Crippen molar-refractivity contribution in [1.82, 2.24) is 5.32 Å². The van der Waals surface area contributed by atoms with Crippen LogP contribution in [0.4, 0.5) is 10.5 Å². The zero-order valence-corrected chi connectivity index (χ0v) is 11.9. The topological polar surface area (TPSA) is 59.6 Å². The molecule has 5 heteroatoms. The molecule has 0 saturated carbocycles. The van der Waals surface area contributed by atoms with Crippen LogP contribution in [0.1, 0.15) is 27.7 Å². The fourth-order valence-electron chi connectivity index (χ4n) is 1.56. The average Bonchev–Trinajstić information content (AvgIpc) is 2.32. The van der Waals surface area contributed by atoms with Crippen molar-refractivity contribution in [3.63, 3.8) is 0 Å². The molecule has 19 heavy (non-hydrogen) atoms. The normalized spacial score (nSPS) is 10.2. The molecule has 0 aliphatic heterocycles. The maximum Gasteiger partial charge on any atom is 0.319 e. The van der Waals surface area contributed by atoms with E-state index in [0.29, 0.717) is 30.4 Å². The van der Waals surface area contributed by atoms with Gasteiger partial charge in [0.1, 0.15) is 0 Å². The van der Waals surface area contributed by atoms with E-state index in [9.17, 15) is 4.79 Å². The smallest absolute Gasteiger partial charge is 0.319 e. The van der Waals surface area contributed by atoms with Crippen molar-refractivity contribution in [1.29, 1.82) is 0 Å². The molecule has 0 aliphatic rings. The Morgan fingerprint density at radius 3 is 2.37 bits per heavy atom. The van der Waals surface area contributed by atoms with Gasteiger partial charge in [0.15, 0.2) is 11.5 Å². The Kier molecular flexibility index (Phi) is 5.99. The van der Waals surface area contributed by atoms with Crippen LogP contribution in [0.25, 0.3) is 0 Å². The number of urea groups is 1. The monoisotopic (exact) mass is 266 g/mol. The van der Waals surface area contributed by atoms with Crippen LogP contribution in [0, 0.1) is 0 Å². The summed E-state index contributed by atoms with van der Waals surface area (Å²) in [7, 11) is 0. The third-order valence-electron chi connectivity index (χ3n) is 2.22. The van der Waals surface area contributed by atoms with Gasteiger partial charge < -0.3 is 20.1 Å². The minimum Gasteiger partial charge on any atom is -0.490 e. The summed E-state index contributed by atoms with van der Waals surface area (Å²) >= 11 is 0. The summed E-state index contributed by atoms with van der Waals surface area (Å²) in [6.07, 6.45) is 0. The van der Waals surface area contributed by atoms with Crippen molar-refractivity contribution < 1.29 is 14.3 Å². The Morgan fingerprint density at radius 1 is 1.16 bits per heavy atom. The summed E-state index contributed by atoms with van der Waals surface area (Å²) < 4.78 is 11.0. The molecule has 0 fully saturated rings. The predicted octanol–water partition coefficient (Wildman–Crippen LogP) is 3.01. The first kappa shape index (κ1) is 15.1. The number of hydrogen-bond donors (Lipinski definition) is 2. The second kappa shape index (κ2) is 7.51. The molecule has 1 rings (SSSR count). The molecule has 0 heterocycles. The number of ether oxygens (including phenoxy) is 2. The molecule has 0 aliphatic carbocycles. The number of hydrogen-bond acceptors (Lipinski definition) is 3. The van der Waals surface area contributed by atoms with Crippen molar-refractivity contribution in [3.8, 4) is 11.5 Å². The summed E-state index contributed by atoms with van der Waals surface area (Å²) in [5.41, 5.74) is 0.671. The van der Waals surface area contributed by atoms with Crippen LogP contribution in [-0.2, 0) is 0 Å². The lowest BCUT2D eigenvalue weighted by Gasteiger charge is -2.14. The Bertz CT molecular complexity index is 419. The average molecular weight is 266 g/mol. The fraction of sp³-hybridized carbons (Fsp3) is 0.500. The molecule has 0 unspecified atom stereocenters. The fourth-order valence-corrected chi connectivity index (χ4v) is 1.56. The highest BCUT2D eigenvalue weighted by molar-refractivity contribution is 5.89. The number of carbonyl (C=O) groups excluding carboxylic acids is 1. The Hall–Kier alpha value is -1.91. The summed E-state index contributed by atoms with van der Waals surface area (Å²) in [5, 5.41) is 5.52. The zero-order chi connectivity index (χ0) is 14.3. The number of nitrogens with one attached hydrogen (secondary N) is 2. The minimum atomic E-state index is -0.235. The Morgan fingerprint density at radius 2 is 1.79 bits per heavy atom. The molecular weight excluding hydrogens is 244 g/mol. The van der Waals surface area contributed by atoms with E-state index in [4.69, 9.17) is 9.47 Å². The van der Waals surface area contributed by atoms with Gasteiger partial charge in [-0.3, -0.25) is 0 Å². The van der Waals surface area contributed by atoms with E-state index in [2.05, 4.69) is 10.6 Å². The van der Waals surface area contributed by atoms with Crippen LogP contribution in [0.5, 0.6) is 11.5 Å². The van der Waals surface area contributed by atoms with Crippen molar-refractivity contribution >= 4 is 11.7 Å². The van der Waals surface area contributed by atoms with Gasteiger partial charge >= 0.3 is 6.03 Å². The lowest BCUT2D eigenvalue weighted by molar-refractivity contribution is 0.250. The summed E-state index contributed by atoms with van der Waals surface area (Å²) in [6.45, 7) is 8.74. The molecule has 1 aromatic carbocycles. The SMILES string of the molecule is CCOc1ccc(NC(=O)NC(C)C)cc1OCC. The summed E-state index contributed by atoms with van der Waals surface area (Å²) in [4.78, 5) is 11.6. The first-order chi connectivity index (χ1) is 9.06. The molecule has 5 nitrogen and oxygen atoms in total. The van der Waals surface area contributed by atoms with E-state index in [-0.39, 0.29) is 12.1 Å². The molecule has 0 radical (unpaired) electrons. The van der Waals surface area contributed by atoms with E-state index in [1.54, 1.807) is 18.2 Å². The molecule has 106 valence electrons. The quantitative estimate of drug-likeness (QED) is 0.832. The van der Waals surface area contributed by atoms with Crippen LogP contribution in [0.3, 0.4) is 0 Å². The highest BCUT2D eigenvalue weighted by atomic mass is 16.5. The van der Waals surface area contributed by atoms with E-state index in [1.807, 2.05) is 27.7 Å². The van der Waals surface area contributed by atoms with E-state index in [0.717, 1.165) is 0 Å². The molecule has 0 saturated heterocycles.